The van der Waals surface area contributed by atoms with E-state index in [1.165, 1.54) is 0 Å². The van der Waals surface area contributed by atoms with Gasteiger partial charge in [-0.15, -0.1) is 0 Å². The van der Waals surface area contributed by atoms with Crippen molar-refractivity contribution in [2.45, 2.75) is 13.8 Å². The highest BCUT2D eigenvalue weighted by atomic mass is 16.1. The molecule has 1 aliphatic rings. The van der Waals surface area contributed by atoms with Crippen molar-refractivity contribution < 1.29 is 4.79 Å². The Labute approximate surface area is 78.0 Å². The van der Waals surface area contributed by atoms with Crippen molar-refractivity contribution in [1.29, 1.82) is 0 Å². The van der Waals surface area contributed by atoms with E-state index < -0.39 is 0 Å². The summed E-state index contributed by atoms with van der Waals surface area (Å²) in [6.07, 6.45) is 0. The van der Waals surface area contributed by atoms with Gasteiger partial charge in [-0.05, 0) is 18.6 Å². The second kappa shape index (κ2) is 2.87. The number of nitrogens with one attached hydrogen (secondary N) is 1. The number of carbonyl (C=O) groups excluding carboxylic acids is 1. The Bertz CT molecular complexity index is 357. The average Bonchev–Trinajstić information content (AvgIpc) is 2.12. The number of para-hydroxylation sites is 1. The van der Waals surface area contributed by atoms with Crippen LogP contribution in [0.25, 0.3) is 0 Å². The average molecular weight is 175 g/mol. The minimum Gasteiger partial charge on any atom is -0.384 e. The molecular weight excluding hydrogens is 162 g/mol. The molecule has 1 unspecified atom stereocenters. The molecule has 0 radical (unpaired) electrons. The predicted molar refractivity (Wildman–Crippen MR) is 53.2 cm³/mol. The Morgan fingerprint density at radius 2 is 2.23 bits per heavy atom. The van der Waals surface area contributed by atoms with Crippen LogP contribution in [0.5, 0.6) is 0 Å². The summed E-state index contributed by atoms with van der Waals surface area (Å²) in [7, 11) is 0. The van der Waals surface area contributed by atoms with Crippen LogP contribution < -0.4 is 5.32 Å². The van der Waals surface area contributed by atoms with E-state index in [0.29, 0.717) is 0 Å². The minimum absolute atomic E-state index is 0.106. The maximum atomic E-state index is 11.7. The zero-order valence-electron chi connectivity index (χ0n) is 7.92. The minimum atomic E-state index is 0.106. The van der Waals surface area contributed by atoms with Crippen LogP contribution in [0.3, 0.4) is 0 Å². The Kier molecular flexibility index (Phi) is 1.83. The zero-order valence-corrected chi connectivity index (χ0v) is 7.92. The number of anilines is 1. The number of aryl methyl sites for hydroxylation is 1. The number of rotatable bonds is 0. The molecule has 68 valence electrons. The van der Waals surface area contributed by atoms with E-state index in [1.807, 2.05) is 32.0 Å². The van der Waals surface area contributed by atoms with Crippen LogP contribution in [0.4, 0.5) is 5.69 Å². The van der Waals surface area contributed by atoms with Gasteiger partial charge in [0.1, 0.15) is 0 Å². The van der Waals surface area contributed by atoms with Crippen molar-refractivity contribution in [1.82, 2.24) is 0 Å². The van der Waals surface area contributed by atoms with E-state index >= 15 is 0 Å². The zero-order chi connectivity index (χ0) is 9.42. The van der Waals surface area contributed by atoms with Crippen molar-refractivity contribution in [2.24, 2.45) is 5.92 Å². The van der Waals surface area contributed by atoms with Gasteiger partial charge in [0.05, 0.1) is 0 Å². The van der Waals surface area contributed by atoms with Gasteiger partial charge in [-0.25, -0.2) is 0 Å². The molecule has 2 heteroatoms. The summed E-state index contributed by atoms with van der Waals surface area (Å²) in [5.74, 6) is 0.367. The molecule has 0 aliphatic carbocycles. The Balaban J connectivity index is 2.55. The molecule has 1 N–H and O–H groups in total. The van der Waals surface area contributed by atoms with Crippen LogP contribution in [0.15, 0.2) is 18.2 Å². The van der Waals surface area contributed by atoms with Crippen LogP contribution in [-0.4, -0.2) is 12.3 Å². The van der Waals surface area contributed by atoms with Crippen LogP contribution >= 0.6 is 0 Å². The highest BCUT2D eigenvalue weighted by Crippen LogP contribution is 2.27. The molecule has 0 fully saturated rings. The summed E-state index contributed by atoms with van der Waals surface area (Å²) in [6.45, 7) is 4.74. The molecule has 0 amide bonds. The fourth-order valence-corrected chi connectivity index (χ4v) is 1.72. The van der Waals surface area contributed by atoms with Gasteiger partial charge in [0, 0.05) is 23.7 Å². The molecule has 0 bridgehead atoms. The molecule has 1 heterocycles. The molecular formula is C11H13NO. The van der Waals surface area contributed by atoms with Gasteiger partial charge in [-0.2, -0.15) is 0 Å². The Hall–Kier alpha value is -1.31. The predicted octanol–water partition coefficient (Wildman–Crippen LogP) is 2.24. The second-order valence-electron chi connectivity index (χ2n) is 3.64. The Morgan fingerprint density at radius 1 is 1.46 bits per heavy atom. The first-order valence-corrected chi connectivity index (χ1v) is 4.58. The number of carbonyl (C=O) groups is 1. The largest absolute Gasteiger partial charge is 0.384 e. The fourth-order valence-electron chi connectivity index (χ4n) is 1.72. The highest BCUT2D eigenvalue weighted by Gasteiger charge is 2.23. The summed E-state index contributed by atoms with van der Waals surface area (Å²) in [5, 5.41) is 3.29. The van der Waals surface area contributed by atoms with E-state index in [-0.39, 0.29) is 11.7 Å². The van der Waals surface area contributed by atoms with Crippen molar-refractivity contribution in [2.75, 3.05) is 11.9 Å². The van der Waals surface area contributed by atoms with Gasteiger partial charge < -0.3 is 5.32 Å². The van der Waals surface area contributed by atoms with Crippen LogP contribution in [0.1, 0.15) is 22.8 Å². The molecule has 0 aromatic heterocycles. The Morgan fingerprint density at radius 3 is 3.00 bits per heavy atom. The lowest BCUT2D eigenvalue weighted by Gasteiger charge is -2.23. The van der Waals surface area contributed by atoms with E-state index in [1.54, 1.807) is 0 Å². The third kappa shape index (κ3) is 1.22. The van der Waals surface area contributed by atoms with Crippen LogP contribution in [0.2, 0.25) is 0 Å². The summed E-state index contributed by atoms with van der Waals surface area (Å²) >= 11 is 0. The first-order valence-electron chi connectivity index (χ1n) is 4.58. The number of hydrogen-bond donors (Lipinski definition) is 1. The molecule has 2 rings (SSSR count). The van der Waals surface area contributed by atoms with Crippen molar-refractivity contribution in [3.63, 3.8) is 0 Å². The maximum absolute atomic E-state index is 11.7. The normalized spacial score (nSPS) is 20.8. The number of ketones is 1. The van der Waals surface area contributed by atoms with Crippen molar-refractivity contribution >= 4 is 11.5 Å². The van der Waals surface area contributed by atoms with E-state index in [2.05, 4.69) is 5.32 Å². The molecule has 13 heavy (non-hydrogen) atoms. The topological polar surface area (TPSA) is 29.1 Å². The fraction of sp³-hybridized carbons (Fsp3) is 0.364. The molecule has 0 spiro atoms. The molecule has 1 atom stereocenters. The third-order valence-electron chi connectivity index (χ3n) is 2.57. The van der Waals surface area contributed by atoms with Crippen molar-refractivity contribution in [3.8, 4) is 0 Å². The molecule has 0 saturated heterocycles. The van der Waals surface area contributed by atoms with E-state index in [9.17, 15) is 4.79 Å². The lowest BCUT2D eigenvalue weighted by atomic mass is 9.92. The molecule has 1 aromatic rings. The summed E-state index contributed by atoms with van der Waals surface area (Å²) in [4.78, 5) is 11.7. The number of fused-ring (bicyclic) bond motifs is 1. The van der Waals surface area contributed by atoms with Gasteiger partial charge in [0.25, 0.3) is 0 Å². The SMILES string of the molecule is Cc1cccc2c1NCC(C)C2=O. The molecule has 1 aromatic carbocycles. The van der Waals surface area contributed by atoms with Gasteiger partial charge in [0.2, 0.25) is 0 Å². The number of Topliss-reactive ketones (excluding diaryl/α,β-unsaturated/α-hetero) is 1. The monoisotopic (exact) mass is 175 g/mol. The van der Waals surface area contributed by atoms with Crippen LogP contribution in [-0.2, 0) is 0 Å². The highest BCUT2D eigenvalue weighted by molar-refractivity contribution is 6.04. The second-order valence-corrected chi connectivity index (χ2v) is 3.64. The lowest BCUT2D eigenvalue weighted by molar-refractivity contribution is 0.0932. The van der Waals surface area contributed by atoms with Gasteiger partial charge >= 0.3 is 0 Å². The quantitative estimate of drug-likeness (QED) is 0.655. The van der Waals surface area contributed by atoms with E-state index in [0.717, 1.165) is 23.4 Å². The van der Waals surface area contributed by atoms with Gasteiger partial charge in [0.15, 0.2) is 5.78 Å². The molecule has 0 saturated carbocycles. The maximum Gasteiger partial charge on any atom is 0.169 e. The summed E-state index contributed by atoms with van der Waals surface area (Å²) in [6, 6.07) is 5.86. The van der Waals surface area contributed by atoms with Gasteiger partial charge in [-0.1, -0.05) is 19.1 Å². The van der Waals surface area contributed by atoms with Gasteiger partial charge in [-0.3, -0.25) is 4.79 Å². The lowest BCUT2D eigenvalue weighted by Crippen LogP contribution is -2.27. The summed E-state index contributed by atoms with van der Waals surface area (Å²) < 4.78 is 0. The van der Waals surface area contributed by atoms with Crippen LogP contribution in [0, 0.1) is 12.8 Å². The molecule has 1 aliphatic heterocycles. The number of hydrogen-bond acceptors (Lipinski definition) is 2. The summed E-state index contributed by atoms with van der Waals surface area (Å²) in [5.41, 5.74) is 3.02. The third-order valence-corrected chi connectivity index (χ3v) is 2.57. The first kappa shape index (κ1) is 8.30. The standard InChI is InChI=1S/C11H13NO/c1-7-4-3-5-9-10(7)12-6-8(2)11(9)13/h3-5,8,12H,6H2,1-2H3. The first-order chi connectivity index (χ1) is 6.20. The van der Waals surface area contributed by atoms with Crippen molar-refractivity contribution in [3.05, 3.63) is 29.3 Å². The van der Waals surface area contributed by atoms with E-state index in [4.69, 9.17) is 0 Å². The smallest absolute Gasteiger partial charge is 0.169 e. The number of benzene rings is 1. The molecule has 2 nitrogen and oxygen atoms in total.